The van der Waals surface area contributed by atoms with Gasteiger partial charge in [0.15, 0.2) is 0 Å². The number of aromatic nitrogens is 3. The quantitative estimate of drug-likeness (QED) is 0.206. The molecule has 0 spiro atoms. The van der Waals surface area contributed by atoms with Crippen molar-refractivity contribution in [1.82, 2.24) is 15.0 Å². The number of benzene rings is 5. The Balaban J connectivity index is 1.31. The fourth-order valence-electron chi connectivity index (χ4n) is 5.55. The third kappa shape index (κ3) is 4.31. The molecule has 0 aliphatic rings. The zero-order valence-corrected chi connectivity index (χ0v) is 24.1. The lowest BCUT2D eigenvalue weighted by Gasteiger charge is -2.16. The predicted molar refractivity (Wildman–Crippen MR) is 178 cm³/mol. The number of rotatable bonds is 5. The number of nitrogens with zero attached hydrogens (tertiary/aromatic N) is 3. The largest absolute Gasteiger partial charge is 0.256 e. The van der Waals surface area contributed by atoms with E-state index in [2.05, 4.69) is 115 Å². The lowest BCUT2D eigenvalue weighted by molar-refractivity contribution is 1.32. The number of hydrogen-bond acceptors (Lipinski definition) is 5. The standard InChI is InChI=1S/C37H23N3S2/c1-4-15-27(24(12-1)25-13-2-5-16-29(25)36-39-31-19-7-9-21-33(31)41-36)35-28(18-11-23-38-35)26-14-3-6-17-30(26)37-40-32-20-8-10-22-34(32)42-37/h1-23H. The first-order valence-electron chi connectivity index (χ1n) is 13.8. The van der Waals surface area contributed by atoms with Crippen molar-refractivity contribution in [2.45, 2.75) is 0 Å². The molecule has 0 unspecified atom stereocenters. The molecule has 0 N–H and O–H groups in total. The second-order valence-electron chi connectivity index (χ2n) is 10.0. The van der Waals surface area contributed by atoms with Gasteiger partial charge >= 0.3 is 0 Å². The van der Waals surface area contributed by atoms with Gasteiger partial charge in [-0.05, 0) is 47.0 Å². The van der Waals surface area contributed by atoms with Crippen molar-refractivity contribution in [3.8, 4) is 54.7 Å². The molecule has 3 aromatic heterocycles. The fraction of sp³-hybridized carbons (Fsp3) is 0. The highest BCUT2D eigenvalue weighted by atomic mass is 32.1. The number of para-hydroxylation sites is 2. The molecule has 0 fully saturated rings. The van der Waals surface area contributed by atoms with Crippen LogP contribution in [0, 0.1) is 0 Å². The maximum Gasteiger partial charge on any atom is 0.125 e. The minimum absolute atomic E-state index is 0.945. The summed E-state index contributed by atoms with van der Waals surface area (Å²) in [5.74, 6) is 0. The third-order valence-corrected chi connectivity index (χ3v) is 9.61. The summed E-state index contributed by atoms with van der Waals surface area (Å²) >= 11 is 3.45. The van der Waals surface area contributed by atoms with E-state index in [1.54, 1.807) is 22.7 Å². The Kier molecular flexibility index (Phi) is 6.17. The smallest absolute Gasteiger partial charge is 0.125 e. The summed E-state index contributed by atoms with van der Waals surface area (Å²) in [5, 5.41) is 2.03. The van der Waals surface area contributed by atoms with Gasteiger partial charge in [0.25, 0.3) is 0 Å². The molecule has 0 saturated carbocycles. The normalized spacial score (nSPS) is 11.3. The summed E-state index contributed by atoms with van der Waals surface area (Å²) in [4.78, 5) is 15.0. The van der Waals surface area contributed by atoms with Gasteiger partial charge in [-0.1, -0.05) is 103 Å². The van der Waals surface area contributed by atoms with E-state index < -0.39 is 0 Å². The molecule has 42 heavy (non-hydrogen) atoms. The Bertz CT molecular complexity index is 2000. The Hall–Kier alpha value is -4.97. The molecule has 0 aliphatic heterocycles. The van der Waals surface area contributed by atoms with Crippen LogP contribution in [0.3, 0.4) is 0 Å². The van der Waals surface area contributed by atoms with Gasteiger partial charge in [0, 0.05) is 28.5 Å². The molecule has 3 heterocycles. The van der Waals surface area contributed by atoms with Gasteiger partial charge < -0.3 is 0 Å². The van der Waals surface area contributed by atoms with Crippen molar-refractivity contribution >= 4 is 43.1 Å². The lowest BCUT2D eigenvalue weighted by atomic mass is 9.90. The van der Waals surface area contributed by atoms with Crippen LogP contribution in [-0.2, 0) is 0 Å². The van der Waals surface area contributed by atoms with E-state index in [0.29, 0.717) is 0 Å². The highest BCUT2D eigenvalue weighted by Crippen LogP contribution is 2.44. The molecule has 3 nitrogen and oxygen atoms in total. The van der Waals surface area contributed by atoms with E-state index in [9.17, 15) is 0 Å². The zero-order valence-electron chi connectivity index (χ0n) is 22.4. The van der Waals surface area contributed by atoms with Crippen LogP contribution in [0.5, 0.6) is 0 Å². The van der Waals surface area contributed by atoms with E-state index in [4.69, 9.17) is 15.0 Å². The summed E-state index contributed by atoms with van der Waals surface area (Å²) < 4.78 is 2.37. The molecule has 0 radical (unpaired) electrons. The van der Waals surface area contributed by atoms with E-state index in [-0.39, 0.29) is 0 Å². The first-order valence-corrected chi connectivity index (χ1v) is 15.4. The van der Waals surface area contributed by atoms with Crippen LogP contribution in [0.25, 0.3) is 75.1 Å². The van der Waals surface area contributed by atoms with Crippen LogP contribution < -0.4 is 0 Å². The van der Waals surface area contributed by atoms with Gasteiger partial charge in [0.2, 0.25) is 0 Å². The maximum absolute atomic E-state index is 5.00. The molecule has 198 valence electrons. The minimum Gasteiger partial charge on any atom is -0.256 e. The second kappa shape index (κ2) is 10.5. The molecule has 0 saturated heterocycles. The molecule has 8 aromatic rings. The summed E-state index contributed by atoms with van der Waals surface area (Å²) in [6.45, 7) is 0. The molecule has 0 atom stereocenters. The molecule has 8 rings (SSSR count). The molecule has 0 bridgehead atoms. The van der Waals surface area contributed by atoms with Crippen LogP contribution in [0.15, 0.2) is 140 Å². The summed E-state index contributed by atoms with van der Waals surface area (Å²) in [7, 11) is 0. The van der Waals surface area contributed by atoms with Crippen LogP contribution in [0.4, 0.5) is 0 Å². The van der Waals surface area contributed by atoms with Crippen LogP contribution in [-0.4, -0.2) is 15.0 Å². The third-order valence-electron chi connectivity index (χ3n) is 7.47. The number of hydrogen-bond donors (Lipinski definition) is 0. The van der Waals surface area contributed by atoms with Crippen molar-refractivity contribution < 1.29 is 0 Å². The SMILES string of the molecule is c1ccc(-c2ccccc2-c2ncccc2-c2ccccc2-c2nc3ccccc3s2)c(-c2nc3ccccc3s2)c1. The fourth-order valence-corrected chi connectivity index (χ4v) is 7.56. The Labute approximate surface area is 251 Å². The Morgan fingerprint density at radius 1 is 0.357 bits per heavy atom. The molecule has 0 amide bonds. The summed E-state index contributed by atoms with van der Waals surface area (Å²) in [5.41, 5.74) is 10.8. The molecule has 5 aromatic carbocycles. The van der Waals surface area contributed by atoms with Crippen molar-refractivity contribution in [3.63, 3.8) is 0 Å². The van der Waals surface area contributed by atoms with Crippen LogP contribution in [0.1, 0.15) is 0 Å². The Morgan fingerprint density at radius 2 is 0.762 bits per heavy atom. The second-order valence-corrected chi connectivity index (χ2v) is 12.1. The first kappa shape index (κ1) is 24.8. The molecule has 0 aliphatic carbocycles. The van der Waals surface area contributed by atoms with E-state index in [1.165, 1.54) is 9.40 Å². The van der Waals surface area contributed by atoms with E-state index in [0.717, 1.165) is 65.7 Å². The average molecular weight is 574 g/mol. The summed E-state index contributed by atoms with van der Waals surface area (Å²) in [6, 6.07) is 46.5. The monoisotopic (exact) mass is 573 g/mol. The van der Waals surface area contributed by atoms with E-state index in [1.807, 2.05) is 24.4 Å². The van der Waals surface area contributed by atoms with Crippen molar-refractivity contribution in [2.75, 3.05) is 0 Å². The van der Waals surface area contributed by atoms with Crippen molar-refractivity contribution in [3.05, 3.63) is 140 Å². The average Bonchev–Trinajstić information content (AvgIpc) is 3.70. The number of fused-ring (bicyclic) bond motifs is 2. The van der Waals surface area contributed by atoms with Crippen LogP contribution in [0.2, 0.25) is 0 Å². The lowest BCUT2D eigenvalue weighted by Crippen LogP contribution is -1.94. The molecular weight excluding hydrogens is 551 g/mol. The maximum atomic E-state index is 5.00. The van der Waals surface area contributed by atoms with Gasteiger partial charge in [0.1, 0.15) is 10.0 Å². The highest BCUT2D eigenvalue weighted by molar-refractivity contribution is 7.22. The predicted octanol–water partition coefficient (Wildman–Crippen LogP) is 10.6. The number of thiazole rings is 2. The molecule has 5 heteroatoms. The van der Waals surface area contributed by atoms with Gasteiger partial charge in [-0.25, -0.2) is 9.97 Å². The van der Waals surface area contributed by atoms with Gasteiger partial charge in [0.05, 0.1) is 26.1 Å². The van der Waals surface area contributed by atoms with Gasteiger partial charge in [-0.2, -0.15) is 0 Å². The summed E-state index contributed by atoms with van der Waals surface area (Å²) in [6.07, 6.45) is 1.88. The van der Waals surface area contributed by atoms with Crippen molar-refractivity contribution in [1.29, 1.82) is 0 Å². The minimum atomic E-state index is 0.945. The number of pyridine rings is 1. The van der Waals surface area contributed by atoms with Crippen molar-refractivity contribution in [2.24, 2.45) is 0 Å². The Morgan fingerprint density at radius 3 is 1.31 bits per heavy atom. The first-order chi connectivity index (χ1) is 20.8. The van der Waals surface area contributed by atoms with Crippen LogP contribution >= 0.6 is 22.7 Å². The highest BCUT2D eigenvalue weighted by Gasteiger charge is 2.20. The topological polar surface area (TPSA) is 38.7 Å². The van der Waals surface area contributed by atoms with Gasteiger partial charge in [-0.3, -0.25) is 4.98 Å². The van der Waals surface area contributed by atoms with E-state index >= 15 is 0 Å². The zero-order chi connectivity index (χ0) is 27.9. The molecular formula is C37H23N3S2. The van der Waals surface area contributed by atoms with Gasteiger partial charge in [-0.15, -0.1) is 22.7 Å².